The highest BCUT2D eigenvalue weighted by Crippen LogP contribution is 2.28. The predicted molar refractivity (Wildman–Crippen MR) is 79.0 cm³/mol. The smallest absolute Gasteiger partial charge is 0.267 e. The van der Waals surface area contributed by atoms with E-state index in [4.69, 9.17) is 5.26 Å². The van der Waals surface area contributed by atoms with Gasteiger partial charge in [0.25, 0.3) is 5.91 Å². The van der Waals surface area contributed by atoms with Crippen LogP contribution in [0.2, 0.25) is 0 Å². The molecule has 0 fully saturated rings. The Bertz CT molecular complexity index is 656. The van der Waals surface area contributed by atoms with Gasteiger partial charge in [-0.05, 0) is 11.4 Å². The van der Waals surface area contributed by atoms with Crippen LogP contribution in [0.1, 0.15) is 20.2 Å². The highest BCUT2D eigenvalue weighted by molar-refractivity contribution is 7.16. The molecule has 0 spiro atoms. The van der Waals surface area contributed by atoms with Gasteiger partial charge < -0.3 is 0 Å². The fraction of sp³-hybridized carbons (Fsp3) is 0.308. The Morgan fingerprint density at radius 1 is 1.60 bits per heavy atom. The van der Waals surface area contributed by atoms with E-state index in [1.165, 1.54) is 22.7 Å². The molecule has 1 aliphatic heterocycles. The monoisotopic (exact) mass is 304 g/mol. The number of amides is 1. The first-order chi connectivity index (χ1) is 9.76. The lowest BCUT2D eigenvalue weighted by Crippen LogP contribution is -2.30. The van der Waals surface area contributed by atoms with Crippen LogP contribution in [0.25, 0.3) is 0 Å². The molecule has 3 heterocycles. The first-order valence-corrected chi connectivity index (χ1v) is 7.88. The largest absolute Gasteiger partial charge is 0.297 e. The Morgan fingerprint density at radius 3 is 3.25 bits per heavy atom. The van der Waals surface area contributed by atoms with Crippen molar-refractivity contribution in [3.63, 3.8) is 0 Å². The van der Waals surface area contributed by atoms with Gasteiger partial charge in [-0.3, -0.25) is 15.0 Å². The van der Waals surface area contributed by atoms with E-state index in [1.807, 2.05) is 11.4 Å². The number of nitrogens with zero attached hydrogens (tertiary/aromatic N) is 3. The van der Waals surface area contributed by atoms with Gasteiger partial charge in [0.15, 0.2) is 5.13 Å². The highest BCUT2D eigenvalue weighted by atomic mass is 32.1. The van der Waals surface area contributed by atoms with Crippen LogP contribution in [0.15, 0.2) is 17.5 Å². The van der Waals surface area contributed by atoms with Crippen molar-refractivity contribution in [1.29, 1.82) is 5.26 Å². The molecule has 102 valence electrons. The van der Waals surface area contributed by atoms with Crippen molar-refractivity contribution >= 4 is 33.7 Å². The molecule has 0 radical (unpaired) electrons. The molecular formula is C13H12N4OS2. The number of hydrogen-bond donors (Lipinski definition) is 1. The maximum absolute atomic E-state index is 12.0. The van der Waals surface area contributed by atoms with Crippen molar-refractivity contribution in [2.75, 3.05) is 18.4 Å². The summed E-state index contributed by atoms with van der Waals surface area (Å²) in [4.78, 5) is 20.4. The summed E-state index contributed by atoms with van der Waals surface area (Å²) in [6.07, 6.45) is 0.836. The maximum Gasteiger partial charge on any atom is 0.267 e. The SMILES string of the molecule is N#CCN1CCc2nc(NC(=O)c3cccs3)sc2C1. The van der Waals surface area contributed by atoms with Gasteiger partial charge in [0, 0.05) is 24.4 Å². The Balaban J connectivity index is 1.71. The number of nitriles is 1. The summed E-state index contributed by atoms with van der Waals surface area (Å²) in [7, 11) is 0. The Kier molecular flexibility index (Phi) is 3.78. The van der Waals surface area contributed by atoms with E-state index in [0.717, 1.165) is 30.1 Å². The molecule has 7 heteroatoms. The average molecular weight is 304 g/mol. The number of anilines is 1. The fourth-order valence-corrected chi connectivity index (χ4v) is 3.77. The van der Waals surface area contributed by atoms with E-state index >= 15 is 0 Å². The Morgan fingerprint density at radius 2 is 2.50 bits per heavy atom. The molecule has 0 aromatic carbocycles. The zero-order chi connectivity index (χ0) is 13.9. The van der Waals surface area contributed by atoms with Crippen LogP contribution >= 0.6 is 22.7 Å². The third kappa shape index (κ3) is 2.72. The molecular weight excluding hydrogens is 292 g/mol. The van der Waals surface area contributed by atoms with E-state index < -0.39 is 0 Å². The summed E-state index contributed by atoms with van der Waals surface area (Å²) in [6.45, 7) is 2.03. The van der Waals surface area contributed by atoms with E-state index in [0.29, 0.717) is 16.6 Å². The van der Waals surface area contributed by atoms with E-state index in [-0.39, 0.29) is 5.91 Å². The first-order valence-electron chi connectivity index (χ1n) is 6.19. The second-order valence-electron chi connectivity index (χ2n) is 4.44. The van der Waals surface area contributed by atoms with Crippen LogP contribution in [-0.2, 0) is 13.0 Å². The van der Waals surface area contributed by atoms with Gasteiger partial charge in [-0.25, -0.2) is 4.98 Å². The fourth-order valence-electron chi connectivity index (χ4n) is 2.10. The molecule has 0 saturated carbocycles. The number of thiazole rings is 1. The minimum Gasteiger partial charge on any atom is -0.297 e. The molecule has 0 unspecified atom stereocenters. The number of thiophene rings is 1. The summed E-state index contributed by atoms with van der Waals surface area (Å²) in [6, 6.07) is 5.81. The quantitative estimate of drug-likeness (QED) is 0.884. The molecule has 2 aromatic heterocycles. The summed E-state index contributed by atoms with van der Waals surface area (Å²) >= 11 is 2.91. The van der Waals surface area contributed by atoms with Crippen molar-refractivity contribution < 1.29 is 4.79 Å². The second kappa shape index (κ2) is 5.71. The standard InChI is InChI=1S/C13H12N4OS2/c14-4-6-17-5-3-9-11(8-17)20-13(15-9)16-12(18)10-2-1-7-19-10/h1-2,7H,3,5-6,8H2,(H,15,16,18). The molecule has 5 nitrogen and oxygen atoms in total. The van der Waals surface area contributed by atoms with E-state index in [1.54, 1.807) is 6.07 Å². The van der Waals surface area contributed by atoms with Gasteiger partial charge >= 0.3 is 0 Å². The van der Waals surface area contributed by atoms with Crippen LogP contribution in [-0.4, -0.2) is 28.9 Å². The molecule has 0 aliphatic carbocycles. The molecule has 0 atom stereocenters. The molecule has 1 amide bonds. The number of aromatic nitrogens is 1. The van der Waals surface area contributed by atoms with Crippen LogP contribution in [0.5, 0.6) is 0 Å². The van der Waals surface area contributed by atoms with E-state index in [9.17, 15) is 4.79 Å². The summed E-state index contributed by atoms with van der Waals surface area (Å²) in [5.41, 5.74) is 1.05. The number of carbonyl (C=O) groups is 1. The lowest BCUT2D eigenvalue weighted by atomic mass is 10.2. The number of hydrogen-bond acceptors (Lipinski definition) is 6. The normalized spacial score (nSPS) is 14.6. The zero-order valence-corrected chi connectivity index (χ0v) is 12.3. The first kappa shape index (κ1) is 13.2. The lowest BCUT2D eigenvalue weighted by Gasteiger charge is -2.22. The Hall–Kier alpha value is -1.75. The average Bonchev–Trinajstić information content (AvgIpc) is 3.06. The summed E-state index contributed by atoms with van der Waals surface area (Å²) < 4.78 is 0. The van der Waals surface area contributed by atoms with Crippen molar-refractivity contribution in [2.45, 2.75) is 13.0 Å². The third-order valence-electron chi connectivity index (χ3n) is 3.07. The number of fused-ring (bicyclic) bond motifs is 1. The highest BCUT2D eigenvalue weighted by Gasteiger charge is 2.21. The van der Waals surface area contributed by atoms with Gasteiger partial charge in [0.05, 0.1) is 23.2 Å². The maximum atomic E-state index is 12.0. The van der Waals surface area contributed by atoms with Crippen molar-refractivity contribution in [2.24, 2.45) is 0 Å². The van der Waals surface area contributed by atoms with Gasteiger partial charge in [0.2, 0.25) is 0 Å². The number of rotatable bonds is 3. The van der Waals surface area contributed by atoms with E-state index in [2.05, 4.69) is 21.3 Å². The van der Waals surface area contributed by atoms with Gasteiger partial charge in [0.1, 0.15) is 0 Å². The third-order valence-corrected chi connectivity index (χ3v) is 4.94. The van der Waals surface area contributed by atoms with Crippen LogP contribution in [0.3, 0.4) is 0 Å². The molecule has 2 aromatic rings. The predicted octanol–water partition coefficient (Wildman–Crippen LogP) is 2.34. The summed E-state index contributed by atoms with van der Waals surface area (Å²) in [5, 5.41) is 14.1. The van der Waals surface area contributed by atoms with Gasteiger partial charge in [-0.15, -0.1) is 22.7 Å². The number of nitrogens with one attached hydrogen (secondary N) is 1. The van der Waals surface area contributed by atoms with Gasteiger partial charge in [-0.2, -0.15) is 5.26 Å². The van der Waals surface area contributed by atoms with Crippen molar-refractivity contribution in [1.82, 2.24) is 9.88 Å². The van der Waals surface area contributed by atoms with Gasteiger partial charge in [-0.1, -0.05) is 6.07 Å². The minimum atomic E-state index is -0.111. The van der Waals surface area contributed by atoms with Crippen molar-refractivity contribution in [3.05, 3.63) is 33.0 Å². The Labute approximate surface area is 124 Å². The second-order valence-corrected chi connectivity index (χ2v) is 6.47. The molecule has 20 heavy (non-hydrogen) atoms. The molecule has 1 N–H and O–H groups in total. The number of carbonyl (C=O) groups excluding carboxylic acids is 1. The van der Waals surface area contributed by atoms with Crippen molar-refractivity contribution in [3.8, 4) is 6.07 Å². The lowest BCUT2D eigenvalue weighted by molar-refractivity contribution is 0.103. The van der Waals surface area contributed by atoms with Crippen LogP contribution < -0.4 is 5.32 Å². The molecule has 1 aliphatic rings. The minimum absolute atomic E-state index is 0.111. The topological polar surface area (TPSA) is 69.0 Å². The molecule has 0 saturated heterocycles. The van der Waals surface area contributed by atoms with Crippen LogP contribution in [0.4, 0.5) is 5.13 Å². The van der Waals surface area contributed by atoms with Crippen LogP contribution in [0, 0.1) is 11.3 Å². The zero-order valence-electron chi connectivity index (χ0n) is 10.6. The molecule has 3 rings (SSSR count). The summed E-state index contributed by atoms with van der Waals surface area (Å²) in [5.74, 6) is -0.111. The molecule has 0 bridgehead atoms.